The molecular weight excluding hydrogens is 1090 g/mol. The lowest BCUT2D eigenvalue weighted by Gasteiger charge is -2.23. The van der Waals surface area contributed by atoms with Crippen LogP contribution in [0.3, 0.4) is 0 Å². The number of anilines is 2. The molecule has 0 saturated carbocycles. The van der Waals surface area contributed by atoms with Crippen LogP contribution in [0.2, 0.25) is 0 Å². The molecule has 2 aromatic heterocycles. The zero-order valence-corrected chi connectivity index (χ0v) is 43.5. The number of carbonyl (C=O) groups is 3. The van der Waals surface area contributed by atoms with E-state index in [4.69, 9.17) is 29.4 Å². The van der Waals surface area contributed by atoms with Crippen molar-refractivity contribution in [2.24, 2.45) is 4.99 Å². The van der Waals surface area contributed by atoms with Gasteiger partial charge in [-0.25, -0.2) is 28.9 Å². The molecule has 3 amide bonds. The van der Waals surface area contributed by atoms with Crippen LogP contribution in [0.1, 0.15) is 43.3 Å². The van der Waals surface area contributed by atoms with E-state index in [0.29, 0.717) is 0 Å². The molecule has 4 heterocycles. The smallest absolute Gasteiger partial charge is 0.453 e. The molecule has 3 aliphatic rings. The van der Waals surface area contributed by atoms with E-state index in [-0.39, 0.29) is 101 Å². The second-order valence-corrected chi connectivity index (χ2v) is 22.1. The Bertz CT molecular complexity index is 3580. The number of nitrogens with two attached hydrogens (primary N) is 1. The third kappa shape index (κ3) is 12.8. The van der Waals surface area contributed by atoms with E-state index in [1.165, 1.54) is 59.2 Å². The highest BCUT2D eigenvalue weighted by Crippen LogP contribution is 2.58. The summed E-state index contributed by atoms with van der Waals surface area (Å²) < 4.78 is 123. The molecule has 5 atom stereocenters. The number of aromatic nitrogens is 4. The first-order valence-electron chi connectivity index (χ1n) is 22.6. The average Bonchev–Trinajstić information content (AvgIpc) is 3.92. The Balaban J connectivity index is 1.02. The number of imidazole rings is 1. The summed E-state index contributed by atoms with van der Waals surface area (Å²) in [4.78, 5) is 83.9. The largest absolute Gasteiger partial charge is 0.481 e. The quantitative estimate of drug-likeness (QED) is 0.0213. The molecule has 1 saturated heterocycles. The summed E-state index contributed by atoms with van der Waals surface area (Å²) in [5.41, 5.74) is 5.82. The molecule has 1 fully saturated rings. The molecule has 11 N–H and O–H groups in total. The van der Waals surface area contributed by atoms with E-state index in [1.807, 2.05) is 0 Å². The average molecular weight is 1140 g/mol. The molecule has 1 aliphatic carbocycles. The third-order valence-corrected chi connectivity index (χ3v) is 15.4. The van der Waals surface area contributed by atoms with Crippen LogP contribution in [-0.2, 0) is 52.5 Å². The standard InChI is InChI=1S/C42H50N10O20P2S2/c1-4-44-26-14-12-24-30(25-13-15-27(45-5-2)37(76(65,66)67)34(25)70-33(24)36(26)75(62,63)64)22-9-6-7-10-23(22)40(55)51(3)18-8-11-29(53)46-16-17-47-42(56)71-35-32(54)28(19-68-74(60,61)72-73(57,58)59)69-41(35)52-21-50-31-38(43)48-20-49-39(31)52/h6-7,9-10,12-15,20-21,28,32,35,41,44,54H,4-5,8,11,16-19H2,1-3H3,(H,46,53)(H,47,56)(H,60,61)(H2,43,48,49)(H2,57,58,59)(H,62,63,64)(H,65,66,67)/t28-,32-,35-,41-/m1/s1. The van der Waals surface area contributed by atoms with Crippen LogP contribution < -0.4 is 27.0 Å². The number of ether oxygens (including phenoxy) is 2. The number of nitrogens with one attached hydrogen (secondary N) is 3. The first-order chi connectivity index (χ1) is 35.7. The SMILES string of the molecule is CCN=c1ccc2c(-c3ccccc3C(=O)N(C)CCCC(=O)NCCNC(=O)O[C@@H]3[C@H](O)[C@@H](COP(=O)(O)OP(=O)(O)O)O[C@H]3n3cnc4c(N)ncnc43)c3ccc(NCC)c(S(=O)(=O)O)c3oc-2c1S(=O)(=O)O. The van der Waals surface area contributed by atoms with Gasteiger partial charge >= 0.3 is 21.7 Å². The van der Waals surface area contributed by atoms with Gasteiger partial charge in [0.2, 0.25) is 5.91 Å². The number of hydrogen-bond donors (Lipinski definition) is 10. The number of carbonyl (C=O) groups excluding carboxylic acids is 3. The highest BCUT2D eigenvalue weighted by atomic mass is 32.2. The number of alkyl carbamates (subject to hydrolysis) is 1. The maximum atomic E-state index is 14.3. The van der Waals surface area contributed by atoms with Gasteiger partial charge in [0.25, 0.3) is 26.1 Å². The number of nitrogen functional groups attached to an aromatic ring is 1. The zero-order valence-electron chi connectivity index (χ0n) is 40.1. The summed E-state index contributed by atoms with van der Waals surface area (Å²) in [7, 11) is -19.7. The number of phosphoric acid groups is 2. The molecule has 34 heteroatoms. The van der Waals surface area contributed by atoms with Crippen molar-refractivity contribution in [3.05, 3.63) is 72.1 Å². The van der Waals surface area contributed by atoms with E-state index < -0.39 is 106 Å². The molecule has 410 valence electrons. The second kappa shape index (κ2) is 23.0. The predicted molar refractivity (Wildman–Crippen MR) is 264 cm³/mol. The van der Waals surface area contributed by atoms with Crippen molar-refractivity contribution in [1.82, 2.24) is 35.1 Å². The van der Waals surface area contributed by atoms with Gasteiger partial charge < -0.3 is 60.3 Å². The summed E-state index contributed by atoms with van der Waals surface area (Å²) in [6.07, 6.45) is -5.32. The van der Waals surface area contributed by atoms with E-state index in [2.05, 4.69) is 44.7 Å². The molecule has 1 unspecified atom stereocenters. The van der Waals surface area contributed by atoms with Crippen molar-refractivity contribution in [3.8, 4) is 22.5 Å². The van der Waals surface area contributed by atoms with Gasteiger partial charge in [-0.05, 0) is 56.2 Å². The second-order valence-electron chi connectivity index (χ2n) is 16.5. The van der Waals surface area contributed by atoms with Crippen molar-refractivity contribution in [2.75, 3.05) is 57.4 Å². The molecule has 0 radical (unpaired) electrons. The number of aliphatic hydroxyl groups excluding tert-OH is 1. The molecule has 76 heavy (non-hydrogen) atoms. The van der Waals surface area contributed by atoms with Gasteiger partial charge in [0.1, 0.15) is 24.1 Å². The van der Waals surface area contributed by atoms with Crippen molar-refractivity contribution in [3.63, 3.8) is 0 Å². The number of amides is 3. The molecule has 30 nitrogen and oxygen atoms in total. The zero-order chi connectivity index (χ0) is 55.5. The summed E-state index contributed by atoms with van der Waals surface area (Å²) in [5, 5.41) is 18.8. The van der Waals surface area contributed by atoms with Crippen LogP contribution in [0.25, 0.3) is 44.6 Å². The van der Waals surface area contributed by atoms with Gasteiger partial charge in [0.05, 0.1) is 24.0 Å². The fourth-order valence-corrected chi connectivity index (χ4v) is 11.4. The molecule has 4 aromatic rings. The minimum absolute atomic E-state index is 0.0148. The van der Waals surface area contributed by atoms with Crippen molar-refractivity contribution < 1.29 is 92.0 Å². The van der Waals surface area contributed by atoms with E-state index in [9.17, 15) is 59.5 Å². The molecule has 7 rings (SSSR count). The van der Waals surface area contributed by atoms with Crippen molar-refractivity contribution >= 4 is 87.4 Å². The van der Waals surface area contributed by atoms with E-state index in [1.54, 1.807) is 26.0 Å². The van der Waals surface area contributed by atoms with Crippen LogP contribution in [0.4, 0.5) is 16.3 Å². The number of benzene rings is 3. The lowest BCUT2D eigenvalue weighted by Crippen LogP contribution is -2.41. The van der Waals surface area contributed by atoms with Gasteiger partial charge in [-0.1, -0.05) is 18.2 Å². The Kier molecular flexibility index (Phi) is 17.3. The van der Waals surface area contributed by atoms with Crippen LogP contribution >= 0.6 is 15.6 Å². The normalized spacial score (nSPS) is 18.2. The molecule has 0 bridgehead atoms. The minimum Gasteiger partial charge on any atom is -0.453 e. The Morgan fingerprint density at radius 2 is 1.64 bits per heavy atom. The lowest BCUT2D eigenvalue weighted by molar-refractivity contribution is -0.121. The molecule has 0 spiro atoms. The molecular formula is C42H50N10O20P2S2. The Morgan fingerprint density at radius 1 is 0.934 bits per heavy atom. The number of phosphoric ester groups is 1. The lowest BCUT2D eigenvalue weighted by atomic mass is 9.90. The van der Waals surface area contributed by atoms with Crippen molar-refractivity contribution in [1.29, 1.82) is 0 Å². The maximum absolute atomic E-state index is 14.3. The van der Waals surface area contributed by atoms with Gasteiger partial charge in [-0.2, -0.15) is 21.1 Å². The number of aliphatic hydroxyl groups is 1. The monoisotopic (exact) mass is 1140 g/mol. The summed E-state index contributed by atoms with van der Waals surface area (Å²) in [6.45, 7) is 2.22. The first kappa shape index (κ1) is 57.2. The topological polar surface area (TPSA) is 446 Å². The van der Waals surface area contributed by atoms with Crippen LogP contribution in [0, 0.1) is 0 Å². The fourth-order valence-electron chi connectivity index (χ4n) is 8.26. The highest BCUT2D eigenvalue weighted by Gasteiger charge is 2.49. The van der Waals surface area contributed by atoms with Gasteiger partial charge in [-0.3, -0.25) is 32.8 Å². The summed E-state index contributed by atoms with van der Waals surface area (Å²) in [5.74, 6) is -1.62. The Labute approximate surface area is 431 Å². The Hall–Kier alpha value is -6.51. The van der Waals surface area contributed by atoms with Crippen LogP contribution in [0.15, 0.2) is 80.4 Å². The Morgan fingerprint density at radius 3 is 2.33 bits per heavy atom. The predicted octanol–water partition coefficient (Wildman–Crippen LogP) is 2.02. The summed E-state index contributed by atoms with van der Waals surface area (Å²) >= 11 is 0. The van der Waals surface area contributed by atoms with E-state index >= 15 is 0 Å². The first-order valence-corrected chi connectivity index (χ1v) is 28.5. The van der Waals surface area contributed by atoms with Crippen molar-refractivity contribution in [2.45, 2.75) is 61.0 Å². The number of nitrogens with zero attached hydrogens (tertiary/aromatic N) is 6. The van der Waals surface area contributed by atoms with E-state index in [0.717, 1.165) is 6.33 Å². The number of rotatable bonds is 21. The number of hydrogen-bond acceptors (Lipinski definition) is 21. The molecule has 2 aliphatic heterocycles. The summed E-state index contributed by atoms with van der Waals surface area (Å²) in [6, 6.07) is 11.7. The van der Waals surface area contributed by atoms with Gasteiger partial charge in [-0.15, -0.1) is 0 Å². The molecule has 2 aromatic carbocycles. The minimum atomic E-state index is -5.50. The highest BCUT2D eigenvalue weighted by molar-refractivity contribution is 7.86. The van der Waals surface area contributed by atoms with Crippen LogP contribution in [0.5, 0.6) is 0 Å². The van der Waals surface area contributed by atoms with Crippen LogP contribution in [-0.4, -0.2) is 153 Å². The third-order valence-electron chi connectivity index (χ3n) is 11.4. The number of fused-ring (bicyclic) bond motifs is 3. The van der Waals surface area contributed by atoms with Gasteiger partial charge in [0, 0.05) is 68.3 Å². The van der Waals surface area contributed by atoms with Gasteiger partial charge in [0.15, 0.2) is 44.9 Å². The maximum Gasteiger partial charge on any atom is 0.481 e. The fraction of sp³-hybridized carbons (Fsp3) is 0.357.